The molecule has 1 aromatic heterocycles. The van der Waals surface area contributed by atoms with Crippen LogP contribution in [-0.4, -0.2) is 16.1 Å². The topological polar surface area (TPSA) is 54.9 Å². The first-order valence-corrected chi connectivity index (χ1v) is 7.75. The third-order valence-corrected chi connectivity index (χ3v) is 3.81. The molecule has 0 saturated carbocycles. The van der Waals surface area contributed by atoms with Crippen LogP contribution in [0.15, 0.2) is 30.3 Å². The number of benzene rings is 1. The Morgan fingerprint density at radius 2 is 2.00 bits per heavy atom. The fraction of sp³-hybridized carbons (Fsp3) is 0.400. The SMILES string of the molecule is CCCCCc1nnc(NC(=O)Cc2ccccc2)s1. The number of aromatic nitrogens is 2. The number of unbranched alkanes of at least 4 members (excludes halogenated alkanes) is 2. The van der Waals surface area contributed by atoms with E-state index in [1.165, 1.54) is 24.2 Å². The molecule has 5 heteroatoms. The fourth-order valence-corrected chi connectivity index (χ4v) is 2.67. The summed E-state index contributed by atoms with van der Waals surface area (Å²) in [5.41, 5.74) is 0.998. The molecule has 2 aromatic rings. The molecule has 1 N–H and O–H groups in total. The molecule has 0 unspecified atom stereocenters. The Balaban J connectivity index is 1.82. The van der Waals surface area contributed by atoms with Crippen molar-refractivity contribution in [1.82, 2.24) is 10.2 Å². The lowest BCUT2D eigenvalue weighted by Gasteiger charge is -2.00. The van der Waals surface area contributed by atoms with Gasteiger partial charge < -0.3 is 5.32 Å². The highest BCUT2D eigenvalue weighted by Gasteiger charge is 2.08. The largest absolute Gasteiger partial charge is 0.300 e. The van der Waals surface area contributed by atoms with Crippen molar-refractivity contribution in [2.45, 2.75) is 39.0 Å². The molecule has 0 atom stereocenters. The molecule has 1 amide bonds. The zero-order valence-electron chi connectivity index (χ0n) is 11.6. The van der Waals surface area contributed by atoms with Gasteiger partial charge in [-0.25, -0.2) is 0 Å². The summed E-state index contributed by atoms with van der Waals surface area (Å²) < 4.78 is 0. The average molecular weight is 289 g/mol. The highest BCUT2D eigenvalue weighted by atomic mass is 32.1. The van der Waals surface area contributed by atoms with Crippen LogP contribution in [0.2, 0.25) is 0 Å². The lowest BCUT2D eigenvalue weighted by Crippen LogP contribution is -2.14. The molecular formula is C15H19N3OS. The number of nitrogens with one attached hydrogen (secondary N) is 1. The van der Waals surface area contributed by atoms with Gasteiger partial charge in [-0.3, -0.25) is 4.79 Å². The quantitative estimate of drug-likeness (QED) is 0.794. The summed E-state index contributed by atoms with van der Waals surface area (Å²) in [5.74, 6) is -0.0486. The van der Waals surface area contributed by atoms with Gasteiger partial charge in [0.1, 0.15) is 5.01 Å². The van der Waals surface area contributed by atoms with Crippen LogP contribution in [0, 0.1) is 0 Å². The van der Waals surface area contributed by atoms with Gasteiger partial charge in [-0.2, -0.15) is 0 Å². The van der Waals surface area contributed by atoms with Crippen LogP contribution in [0.1, 0.15) is 36.8 Å². The van der Waals surface area contributed by atoms with E-state index in [0.717, 1.165) is 23.4 Å². The van der Waals surface area contributed by atoms with E-state index in [2.05, 4.69) is 22.4 Å². The Bertz CT molecular complexity index is 539. The molecule has 0 bridgehead atoms. The number of amides is 1. The molecule has 1 aromatic carbocycles. The molecule has 4 nitrogen and oxygen atoms in total. The maximum absolute atomic E-state index is 11.9. The van der Waals surface area contributed by atoms with Crippen LogP contribution < -0.4 is 5.32 Å². The predicted molar refractivity (Wildman–Crippen MR) is 81.9 cm³/mol. The van der Waals surface area contributed by atoms with E-state index in [0.29, 0.717) is 11.6 Å². The summed E-state index contributed by atoms with van der Waals surface area (Å²) in [6.07, 6.45) is 4.84. The summed E-state index contributed by atoms with van der Waals surface area (Å²) in [6.45, 7) is 2.18. The summed E-state index contributed by atoms with van der Waals surface area (Å²) >= 11 is 1.47. The fourth-order valence-electron chi connectivity index (χ4n) is 1.88. The Labute approximate surface area is 123 Å². The van der Waals surface area contributed by atoms with Crippen molar-refractivity contribution in [2.75, 3.05) is 5.32 Å². The van der Waals surface area contributed by atoms with Crippen molar-refractivity contribution in [3.63, 3.8) is 0 Å². The molecule has 0 aliphatic carbocycles. The third-order valence-electron chi connectivity index (χ3n) is 2.91. The molecule has 0 aliphatic heterocycles. The minimum absolute atomic E-state index is 0.0486. The summed E-state index contributed by atoms with van der Waals surface area (Å²) in [6, 6.07) is 9.68. The first-order chi connectivity index (χ1) is 9.78. The molecular weight excluding hydrogens is 270 g/mol. The van der Waals surface area contributed by atoms with Crippen LogP contribution in [0.4, 0.5) is 5.13 Å². The lowest BCUT2D eigenvalue weighted by molar-refractivity contribution is -0.115. The Morgan fingerprint density at radius 3 is 2.75 bits per heavy atom. The van der Waals surface area contributed by atoms with Crippen molar-refractivity contribution in [3.8, 4) is 0 Å². The number of hydrogen-bond donors (Lipinski definition) is 1. The molecule has 0 fully saturated rings. The summed E-state index contributed by atoms with van der Waals surface area (Å²) in [4.78, 5) is 11.9. The Hall–Kier alpha value is -1.75. The maximum atomic E-state index is 11.9. The number of anilines is 1. The first-order valence-electron chi connectivity index (χ1n) is 6.94. The molecule has 2 rings (SSSR count). The number of nitrogens with zero attached hydrogens (tertiary/aromatic N) is 2. The van der Waals surface area contributed by atoms with Gasteiger partial charge in [-0.1, -0.05) is 61.4 Å². The van der Waals surface area contributed by atoms with Gasteiger partial charge >= 0.3 is 0 Å². The van der Waals surface area contributed by atoms with Crippen LogP contribution in [0.3, 0.4) is 0 Å². The van der Waals surface area contributed by atoms with E-state index in [1.54, 1.807) is 0 Å². The van der Waals surface area contributed by atoms with E-state index in [4.69, 9.17) is 0 Å². The molecule has 20 heavy (non-hydrogen) atoms. The van der Waals surface area contributed by atoms with E-state index in [1.807, 2.05) is 30.3 Å². The van der Waals surface area contributed by atoms with Crippen LogP contribution >= 0.6 is 11.3 Å². The minimum Gasteiger partial charge on any atom is -0.300 e. The first kappa shape index (κ1) is 14.7. The van der Waals surface area contributed by atoms with E-state index >= 15 is 0 Å². The van der Waals surface area contributed by atoms with Crippen molar-refractivity contribution >= 4 is 22.4 Å². The van der Waals surface area contributed by atoms with Gasteiger partial charge in [0.05, 0.1) is 6.42 Å². The highest BCUT2D eigenvalue weighted by molar-refractivity contribution is 7.15. The second-order valence-corrected chi connectivity index (χ2v) is 5.73. The summed E-state index contributed by atoms with van der Waals surface area (Å²) in [5, 5.41) is 12.5. The third kappa shape index (κ3) is 4.74. The minimum atomic E-state index is -0.0486. The Morgan fingerprint density at radius 1 is 1.20 bits per heavy atom. The normalized spacial score (nSPS) is 10.4. The zero-order chi connectivity index (χ0) is 14.2. The van der Waals surface area contributed by atoms with Gasteiger partial charge in [0.15, 0.2) is 0 Å². The van der Waals surface area contributed by atoms with Gasteiger partial charge in [0.25, 0.3) is 0 Å². The van der Waals surface area contributed by atoms with Crippen LogP contribution in [-0.2, 0) is 17.6 Å². The molecule has 0 spiro atoms. The maximum Gasteiger partial charge on any atom is 0.230 e. The van der Waals surface area contributed by atoms with Crippen molar-refractivity contribution in [1.29, 1.82) is 0 Å². The monoisotopic (exact) mass is 289 g/mol. The molecule has 1 heterocycles. The lowest BCUT2D eigenvalue weighted by atomic mass is 10.1. The average Bonchev–Trinajstić information content (AvgIpc) is 2.87. The molecule has 0 radical (unpaired) electrons. The predicted octanol–water partition coefficient (Wildman–Crippen LogP) is 3.45. The molecule has 106 valence electrons. The second kappa shape index (κ2) is 7.75. The van der Waals surface area contributed by atoms with Gasteiger partial charge in [0.2, 0.25) is 11.0 Å². The van der Waals surface area contributed by atoms with Crippen molar-refractivity contribution < 1.29 is 4.79 Å². The number of aryl methyl sites for hydroxylation is 1. The number of carbonyl (C=O) groups excluding carboxylic acids is 1. The smallest absolute Gasteiger partial charge is 0.230 e. The van der Waals surface area contributed by atoms with Crippen LogP contribution in [0.25, 0.3) is 0 Å². The van der Waals surface area contributed by atoms with Crippen molar-refractivity contribution in [2.24, 2.45) is 0 Å². The molecule has 0 aliphatic rings. The standard InChI is InChI=1S/C15H19N3OS/c1-2-3-5-10-14-17-18-15(20-14)16-13(19)11-12-8-6-4-7-9-12/h4,6-9H,2-3,5,10-11H2,1H3,(H,16,18,19). The van der Waals surface area contributed by atoms with Gasteiger partial charge in [-0.05, 0) is 12.0 Å². The second-order valence-electron chi connectivity index (χ2n) is 4.67. The zero-order valence-corrected chi connectivity index (χ0v) is 12.4. The highest BCUT2D eigenvalue weighted by Crippen LogP contribution is 2.17. The van der Waals surface area contributed by atoms with E-state index in [-0.39, 0.29) is 5.91 Å². The molecule has 0 saturated heterocycles. The van der Waals surface area contributed by atoms with Crippen LogP contribution in [0.5, 0.6) is 0 Å². The number of rotatable bonds is 7. The van der Waals surface area contributed by atoms with E-state index < -0.39 is 0 Å². The van der Waals surface area contributed by atoms with Gasteiger partial charge in [-0.15, -0.1) is 10.2 Å². The number of hydrogen-bond acceptors (Lipinski definition) is 4. The summed E-state index contributed by atoms with van der Waals surface area (Å²) in [7, 11) is 0. The number of carbonyl (C=O) groups is 1. The van der Waals surface area contributed by atoms with Gasteiger partial charge in [0, 0.05) is 6.42 Å². The van der Waals surface area contributed by atoms with Crippen molar-refractivity contribution in [3.05, 3.63) is 40.9 Å². The Kier molecular flexibility index (Phi) is 5.68. The van der Waals surface area contributed by atoms with E-state index in [9.17, 15) is 4.79 Å².